The molecule has 1 saturated carbocycles. The Bertz CT molecular complexity index is 1220. The molecule has 3 aromatic rings. The summed E-state index contributed by atoms with van der Waals surface area (Å²) in [6, 6.07) is 6.31. The van der Waals surface area contributed by atoms with Crippen molar-refractivity contribution in [2.24, 2.45) is 5.92 Å². The van der Waals surface area contributed by atoms with Crippen LogP contribution in [0.15, 0.2) is 30.5 Å². The number of aromatic nitrogens is 2. The standard InChI is InChI=1S/C26H30ClFN4O3.2ClH/c1-15(34)19-13-29-23-8-7-22(17-11-20(27)26(35)21(28)12-17)31-25(23)24(19)30-18-5-3-16(4-6-18)14-32(2)9-10-33;;/h7-8,11-13,16,18,33,35H,3-6,9-10,14H2,1-2H3,(H,29,30);2*1H. The van der Waals surface area contributed by atoms with E-state index in [0.29, 0.717) is 46.0 Å². The highest BCUT2D eigenvalue weighted by molar-refractivity contribution is 6.32. The van der Waals surface area contributed by atoms with Gasteiger partial charge in [-0.05, 0) is 69.8 Å². The molecule has 7 nitrogen and oxygen atoms in total. The van der Waals surface area contributed by atoms with Crippen LogP contribution in [0.3, 0.4) is 0 Å². The second-order valence-corrected chi connectivity index (χ2v) is 9.71. The number of benzene rings is 1. The molecule has 11 heteroatoms. The van der Waals surface area contributed by atoms with Crippen LogP contribution in [-0.2, 0) is 0 Å². The van der Waals surface area contributed by atoms with Crippen LogP contribution in [0.4, 0.5) is 10.1 Å². The number of hydrogen-bond donors (Lipinski definition) is 3. The Kier molecular flexibility index (Phi) is 11.3. The number of rotatable bonds is 8. The predicted molar refractivity (Wildman–Crippen MR) is 150 cm³/mol. The Labute approximate surface area is 233 Å². The number of aliphatic hydroxyl groups excluding tert-OH is 1. The maximum absolute atomic E-state index is 14.1. The SMILES string of the molecule is CC(=O)c1cnc2ccc(-c3cc(F)c(O)c(Cl)c3)nc2c1NC1CCC(CN(C)CCO)CC1.Cl.Cl. The van der Waals surface area contributed by atoms with Crippen molar-refractivity contribution in [3.63, 3.8) is 0 Å². The van der Waals surface area contributed by atoms with Crippen LogP contribution in [0, 0.1) is 11.7 Å². The highest BCUT2D eigenvalue weighted by Gasteiger charge is 2.24. The summed E-state index contributed by atoms with van der Waals surface area (Å²) in [5, 5.41) is 22.3. The molecule has 0 aliphatic heterocycles. The molecule has 0 amide bonds. The fraction of sp³-hybridized carbons (Fsp3) is 0.423. The van der Waals surface area contributed by atoms with Crippen LogP contribution in [0.1, 0.15) is 43.0 Å². The number of carbonyl (C=O) groups is 1. The van der Waals surface area contributed by atoms with E-state index in [-0.39, 0.29) is 48.3 Å². The van der Waals surface area contributed by atoms with E-state index in [2.05, 4.69) is 15.2 Å². The van der Waals surface area contributed by atoms with Gasteiger partial charge in [-0.15, -0.1) is 24.8 Å². The van der Waals surface area contributed by atoms with Crippen molar-refractivity contribution in [2.75, 3.05) is 32.1 Å². The van der Waals surface area contributed by atoms with Crippen molar-refractivity contribution in [1.29, 1.82) is 0 Å². The van der Waals surface area contributed by atoms with E-state index < -0.39 is 11.6 Å². The number of nitrogens with zero attached hydrogens (tertiary/aromatic N) is 3. The molecule has 202 valence electrons. The lowest BCUT2D eigenvalue weighted by atomic mass is 9.85. The van der Waals surface area contributed by atoms with E-state index in [1.54, 1.807) is 18.3 Å². The third-order valence-corrected chi connectivity index (χ3v) is 6.94. The molecule has 37 heavy (non-hydrogen) atoms. The van der Waals surface area contributed by atoms with E-state index in [1.165, 1.54) is 19.1 Å². The molecule has 0 bridgehead atoms. The molecule has 1 aliphatic rings. The first kappa shape index (κ1) is 31.0. The number of hydrogen-bond acceptors (Lipinski definition) is 7. The number of Topliss-reactive ketones (excluding diaryl/α,β-unsaturated/α-hetero) is 1. The molecule has 0 atom stereocenters. The zero-order valence-electron chi connectivity index (χ0n) is 20.7. The van der Waals surface area contributed by atoms with Gasteiger partial charge in [0.25, 0.3) is 0 Å². The molecule has 2 heterocycles. The molecule has 2 aromatic heterocycles. The Morgan fingerprint density at radius 2 is 1.92 bits per heavy atom. The lowest BCUT2D eigenvalue weighted by molar-refractivity contribution is 0.101. The molecule has 1 fully saturated rings. The normalized spacial score (nSPS) is 17.2. The summed E-state index contributed by atoms with van der Waals surface area (Å²) >= 11 is 5.97. The van der Waals surface area contributed by atoms with Crippen molar-refractivity contribution in [3.05, 3.63) is 46.9 Å². The van der Waals surface area contributed by atoms with Gasteiger partial charge >= 0.3 is 0 Å². The maximum Gasteiger partial charge on any atom is 0.170 e. The van der Waals surface area contributed by atoms with Crippen LogP contribution in [0.2, 0.25) is 5.02 Å². The third-order valence-electron chi connectivity index (χ3n) is 6.65. The van der Waals surface area contributed by atoms with Gasteiger partial charge in [0.05, 0.1) is 34.1 Å². The van der Waals surface area contributed by atoms with Gasteiger partial charge in [0.2, 0.25) is 0 Å². The zero-order valence-corrected chi connectivity index (χ0v) is 23.1. The number of nitrogens with one attached hydrogen (secondary N) is 1. The van der Waals surface area contributed by atoms with Gasteiger partial charge in [0.1, 0.15) is 5.52 Å². The molecular formula is C26H32Cl3FN4O3. The van der Waals surface area contributed by atoms with E-state index >= 15 is 0 Å². The van der Waals surface area contributed by atoms with E-state index in [9.17, 15) is 14.3 Å². The molecule has 0 unspecified atom stereocenters. The van der Waals surface area contributed by atoms with Gasteiger partial charge in [-0.3, -0.25) is 9.78 Å². The first-order valence-electron chi connectivity index (χ1n) is 11.8. The molecule has 1 aromatic carbocycles. The minimum absolute atomic E-state index is 0. The number of pyridine rings is 2. The molecule has 4 rings (SSSR count). The van der Waals surface area contributed by atoms with Crippen molar-refractivity contribution in [2.45, 2.75) is 38.6 Å². The lowest BCUT2D eigenvalue weighted by Gasteiger charge is -2.32. The zero-order chi connectivity index (χ0) is 25.1. The Hall–Kier alpha value is -2.23. The third kappa shape index (κ3) is 7.21. The van der Waals surface area contributed by atoms with Crippen LogP contribution < -0.4 is 5.32 Å². The van der Waals surface area contributed by atoms with Crippen molar-refractivity contribution in [3.8, 4) is 17.0 Å². The van der Waals surface area contributed by atoms with Crippen LogP contribution >= 0.6 is 36.4 Å². The lowest BCUT2D eigenvalue weighted by Crippen LogP contribution is -2.33. The minimum Gasteiger partial charge on any atom is -0.504 e. The number of phenolic OH excluding ortho intramolecular Hbond substituents is 1. The minimum atomic E-state index is -0.829. The fourth-order valence-corrected chi connectivity index (χ4v) is 4.96. The summed E-state index contributed by atoms with van der Waals surface area (Å²) in [4.78, 5) is 23.7. The van der Waals surface area contributed by atoms with Gasteiger partial charge < -0.3 is 20.4 Å². The van der Waals surface area contributed by atoms with Crippen molar-refractivity contribution < 1.29 is 19.4 Å². The largest absolute Gasteiger partial charge is 0.504 e. The van der Waals surface area contributed by atoms with Crippen LogP contribution in [0.25, 0.3) is 22.3 Å². The van der Waals surface area contributed by atoms with Crippen molar-refractivity contribution >= 4 is 58.9 Å². The summed E-state index contributed by atoms with van der Waals surface area (Å²) in [7, 11) is 2.03. The summed E-state index contributed by atoms with van der Waals surface area (Å²) in [6.45, 7) is 3.29. The fourth-order valence-electron chi connectivity index (χ4n) is 4.75. The number of phenols is 1. The number of halogens is 4. The highest BCUT2D eigenvalue weighted by atomic mass is 35.5. The maximum atomic E-state index is 14.1. The van der Waals surface area contributed by atoms with E-state index in [0.717, 1.165) is 32.2 Å². The number of ketones is 1. The molecule has 0 spiro atoms. The van der Waals surface area contributed by atoms with E-state index in [1.807, 2.05) is 7.05 Å². The van der Waals surface area contributed by atoms with Gasteiger partial charge in [-0.2, -0.15) is 0 Å². The molecule has 0 saturated heterocycles. The van der Waals surface area contributed by atoms with Crippen LogP contribution in [0.5, 0.6) is 5.75 Å². The first-order valence-corrected chi connectivity index (χ1v) is 12.2. The summed E-state index contributed by atoms with van der Waals surface area (Å²) < 4.78 is 14.1. The highest BCUT2D eigenvalue weighted by Crippen LogP contribution is 2.35. The van der Waals surface area contributed by atoms with Crippen molar-refractivity contribution in [1.82, 2.24) is 14.9 Å². The second-order valence-electron chi connectivity index (χ2n) is 9.30. The topological polar surface area (TPSA) is 98.6 Å². The average Bonchev–Trinajstić information content (AvgIpc) is 2.83. The number of aromatic hydroxyl groups is 1. The second kappa shape index (κ2) is 13.5. The Balaban J connectivity index is 0.00000241. The Morgan fingerprint density at radius 1 is 1.22 bits per heavy atom. The van der Waals surface area contributed by atoms with Gasteiger partial charge in [0.15, 0.2) is 17.3 Å². The molecule has 1 aliphatic carbocycles. The number of anilines is 1. The van der Waals surface area contributed by atoms with Gasteiger partial charge in [-0.25, -0.2) is 9.37 Å². The van der Waals surface area contributed by atoms with Crippen LogP contribution in [-0.4, -0.2) is 63.7 Å². The number of likely N-dealkylation sites (N-methyl/N-ethyl adjacent to an activating group) is 1. The smallest absolute Gasteiger partial charge is 0.170 e. The monoisotopic (exact) mass is 572 g/mol. The summed E-state index contributed by atoms with van der Waals surface area (Å²) in [5.74, 6) is -0.973. The summed E-state index contributed by atoms with van der Waals surface area (Å²) in [5.41, 5.74) is 3.12. The summed E-state index contributed by atoms with van der Waals surface area (Å²) in [6.07, 6.45) is 5.58. The molecular weight excluding hydrogens is 542 g/mol. The molecule has 0 radical (unpaired) electrons. The number of carbonyl (C=O) groups excluding carboxylic acids is 1. The van der Waals surface area contributed by atoms with Gasteiger partial charge in [-0.1, -0.05) is 11.6 Å². The van der Waals surface area contributed by atoms with Gasteiger partial charge in [0, 0.05) is 30.9 Å². The number of aliphatic hydroxyl groups is 1. The molecule has 3 N–H and O–H groups in total. The first-order chi connectivity index (χ1) is 16.8. The quantitative estimate of drug-likeness (QED) is 0.296. The Morgan fingerprint density at radius 3 is 2.54 bits per heavy atom. The average molecular weight is 574 g/mol. The van der Waals surface area contributed by atoms with E-state index in [4.69, 9.17) is 21.7 Å². The number of fused-ring (bicyclic) bond motifs is 1. The predicted octanol–water partition coefficient (Wildman–Crippen LogP) is 5.74.